The first-order valence-electron chi connectivity index (χ1n) is 6.47. The largest absolute Gasteiger partial charge is 0.393 e. The lowest BCUT2D eigenvalue weighted by molar-refractivity contribution is -0.121. The molecule has 104 valence electrons. The summed E-state index contributed by atoms with van der Waals surface area (Å²) in [6.45, 7) is 0.639. The Morgan fingerprint density at radius 3 is 2.84 bits per heavy atom. The SMILES string of the molecule is O=C(CCSc1ccccc1F)NCC1CC(O)C1. The molecule has 0 radical (unpaired) electrons. The number of halogens is 1. The quantitative estimate of drug-likeness (QED) is 0.787. The van der Waals surface area contributed by atoms with E-state index in [-0.39, 0.29) is 17.8 Å². The van der Waals surface area contributed by atoms with Gasteiger partial charge in [0.2, 0.25) is 5.91 Å². The average molecular weight is 283 g/mol. The Balaban J connectivity index is 1.60. The first kappa shape index (κ1) is 14.3. The molecule has 1 aromatic carbocycles. The van der Waals surface area contributed by atoms with Crippen molar-refractivity contribution in [3.05, 3.63) is 30.1 Å². The van der Waals surface area contributed by atoms with E-state index in [0.717, 1.165) is 12.8 Å². The highest BCUT2D eigenvalue weighted by Crippen LogP contribution is 2.26. The molecule has 0 spiro atoms. The van der Waals surface area contributed by atoms with Gasteiger partial charge >= 0.3 is 0 Å². The molecule has 1 fully saturated rings. The average Bonchev–Trinajstić information content (AvgIpc) is 2.35. The first-order chi connectivity index (χ1) is 9.15. The van der Waals surface area contributed by atoms with Crippen LogP contribution in [0.1, 0.15) is 19.3 Å². The van der Waals surface area contributed by atoms with Crippen LogP contribution in [-0.4, -0.2) is 29.4 Å². The van der Waals surface area contributed by atoms with Crippen LogP contribution in [0.25, 0.3) is 0 Å². The van der Waals surface area contributed by atoms with Crippen molar-refractivity contribution in [3.63, 3.8) is 0 Å². The molecule has 0 aromatic heterocycles. The summed E-state index contributed by atoms with van der Waals surface area (Å²) in [5, 5.41) is 12.0. The highest BCUT2D eigenvalue weighted by Gasteiger charge is 2.26. The van der Waals surface area contributed by atoms with E-state index in [2.05, 4.69) is 5.32 Å². The van der Waals surface area contributed by atoms with Gasteiger partial charge in [-0.25, -0.2) is 4.39 Å². The zero-order valence-corrected chi connectivity index (χ0v) is 11.5. The standard InChI is InChI=1S/C14H18FNO2S/c15-12-3-1-2-4-13(12)19-6-5-14(18)16-9-10-7-11(17)8-10/h1-4,10-11,17H,5-9H2,(H,16,18). The molecule has 2 rings (SSSR count). The van der Waals surface area contributed by atoms with E-state index < -0.39 is 0 Å². The molecule has 1 saturated carbocycles. The van der Waals surface area contributed by atoms with Crippen molar-refractivity contribution in [3.8, 4) is 0 Å². The van der Waals surface area contributed by atoms with E-state index in [0.29, 0.717) is 29.5 Å². The number of aliphatic hydroxyl groups is 1. The Kier molecular flexibility index (Phi) is 5.22. The van der Waals surface area contributed by atoms with Gasteiger partial charge < -0.3 is 10.4 Å². The van der Waals surface area contributed by atoms with Crippen LogP contribution in [0.5, 0.6) is 0 Å². The second-order valence-corrected chi connectivity index (χ2v) is 5.96. The fraction of sp³-hybridized carbons (Fsp3) is 0.500. The van der Waals surface area contributed by atoms with Gasteiger partial charge in [0.05, 0.1) is 6.10 Å². The molecule has 1 aromatic rings. The number of rotatable bonds is 6. The summed E-state index contributed by atoms with van der Waals surface area (Å²) in [6.07, 6.45) is 1.77. The molecule has 0 unspecified atom stereocenters. The number of carbonyl (C=O) groups excluding carboxylic acids is 1. The van der Waals surface area contributed by atoms with Gasteiger partial charge in [-0.3, -0.25) is 4.79 Å². The number of amides is 1. The summed E-state index contributed by atoms with van der Waals surface area (Å²) >= 11 is 1.35. The third-order valence-electron chi connectivity index (χ3n) is 3.22. The number of aliphatic hydroxyl groups excluding tert-OH is 1. The number of carbonyl (C=O) groups is 1. The smallest absolute Gasteiger partial charge is 0.220 e. The van der Waals surface area contributed by atoms with E-state index in [4.69, 9.17) is 5.11 Å². The molecule has 0 aliphatic heterocycles. The van der Waals surface area contributed by atoms with Gasteiger partial charge in [-0.2, -0.15) is 0 Å². The number of benzene rings is 1. The van der Waals surface area contributed by atoms with Gasteiger partial charge in [0.25, 0.3) is 0 Å². The fourth-order valence-corrected chi connectivity index (χ4v) is 2.92. The summed E-state index contributed by atoms with van der Waals surface area (Å²) in [6, 6.07) is 6.57. The number of hydrogen-bond donors (Lipinski definition) is 2. The Bertz CT molecular complexity index is 435. The van der Waals surface area contributed by atoms with Gasteiger partial charge in [0.1, 0.15) is 5.82 Å². The summed E-state index contributed by atoms with van der Waals surface area (Å²) in [7, 11) is 0. The normalized spacial score (nSPS) is 21.8. The fourth-order valence-electron chi connectivity index (χ4n) is 2.03. The van der Waals surface area contributed by atoms with Crippen molar-refractivity contribution in [2.75, 3.05) is 12.3 Å². The highest BCUT2D eigenvalue weighted by atomic mass is 32.2. The molecule has 1 amide bonds. The molecule has 0 bridgehead atoms. The Hall–Kier alpha value is -1.07. The lowest BCUT2D eigenvalue weighted by Crippen LogP contribution is -2.38. The van der Waals surface area contributed by atoms with Crippen LogP contribution in [0.4, 0.5) is 4.39 Å². The molecule has 1 aliphatic carbocycles. The lowest BCUT2D eigenvalue weighted by atomic mass is 9.82. The zero-order valence-electron chi connectivity index (χ0n) is 10.6. The monoisotopic (exact) mass is 283 g/mol. The third kappa shape index (κ3) is 4.51. The third-order valence-corrected chi connectivity index (χ3v) is 4.27. The Labute approximate surface area is 116 Å². The molecule has 5 heteroatoms. The molecule has 3 nitrogen and oxygen atoms in total. The van der Waals surface area contributed by atoms with Gasteiger partial charge in [-0.15, -0.1) is 11.8 Å². The van der Waals surface area contributed by atoms with Crippen LogP contribution in [0.15, 0.2) is 29.2 Å². The molecule has 2 N–H and O–H groups in total. The molecule has 0 heterocycles. The van der Waals surface area contributed by atoms with Gasteiger partial charge in [-0.05, 0) is 30.9 Å². The van der Waals surface area contributed by atoms with Gasteiger partial charge in [-0.1, -0.05) is 12.1 Å². The van der Waals surface area contributed by atoms with Crippen molar-refractivity contribution in [1.82, 2.24) is 5.32 Å². The number of thioether (sulfide) groups is 1. The minimum atomic E-state index is -0.239. The van der Waals surface area contributed by atoms with E-state index in [9.17, 15) is 9.18 Å². The topological polar surface area (TPSA) is 49.3 Å². The van der Waals surface area contributed by atoms with Crippen LogP contribution >= 0.6 is 11.8 Å². The second-order valence-electron chi connectivity index (χ2n) is 4.82. The maximum atomic E-state index is 13.3. The van der Waals surface area contributed by atoms with E-state index >= 15 is 0 Å². The first-order valence-corrected chi connectivity index (χ1v) is 7.46. The maximum absolute atomic E-state index is 13.3. The molecular formula is C14H18FNO2S. The second kappa shape index (κ2) is 6.91. The van der Waals surface area contributed by atoms with Crippen LogP contribution in [0.2, 0.25) is 0 Å². The zero-order chi connectivity index (χ0) is 13.7. The summed E-state index contributed by atoms with van der Waals surface area (Å²) in [5.41, 5.74) is 0. The van der Waals surface area contributed by atoms with Crippen molar-refractivity contribution < 1.29 is 14.3 Å². The Morgan fingerprint density at radius 2 is 2.16 bits per heavy atom. The molecular weight excluding hydrogens is 265 g/mol. The van der Waals surface area contributed by atoms with E-state index in [1.54, 1.807) is 18.2 Å². The Morgan fingerprint density at radius 1 is 1.42 bits per heavy atom. The molecule has 0 saturated heterocycles. The number of nitrogens with one attached hydrogen (secondary N) is 1. The minimum absolute atomic E-state index is 0.00905. The van der Waals surface area contributed by atoms with Crippen molar-refractivity contribution in [1.29, 1.82) is 0 Å². The summed E-state index contributed by atoms with van der Waals surface area (Å²) < 4.78 is 13.3. The minimum Gasteiger partial charge on any atom is -0.393 e. The molecule has 1 aliphatic rings. The van der Waals surface area contributed by atoms with Crippen LogP contribution < -0.4 is 5.32 Å². The van der Waals surface area contributed by atoms with Crippen LogP contribution in [-0.2, 0) is 4.79 Å². The van der Waals surface area contributed by atoms with Gasteiger partial charge in [0.15, 0.2) is 0 Å². The van der Waals surface area contributed by atoms with Crippen molar-refractivity contribution in [2.45, 2.75) is 30.3 Å². The lowest BCUT2D eigenvalue weighted by Gasteiger charge is -2.31. The molecule has 19 heavy (non-hydrogen) atoms. The van der Waals surface area contributed by atoms with Crippen molar-refractivity contribution >= 4 is 17.7 Å². The maximum Gasteiger partial charge on any atom is 0.220 e. The van der Waals surface area contributed by atoms with Gasteiger partial charge in [0, 0.05) is 23.6 Å². The van der Waals surface area contributed by atoms with Crippen LogP contribution in [0.3, 0.4) is 0 Å². The predicted molar refractivity (Wildman–Crippen MR) is 73.5 cm³/mol. The number of hydrogen-bond acceptors (Lipinski definition) is 3. The van der Waals surface area contributed by atoms with Crippen molar-refractivity contribution in [2.24, 2.45) is 5.92 Å². The molecule has 0 atom stereocenters. The predicted octanol–water partition coefficient (Wildman–Crippen LogP) is 2.20. The van der Waals surface area contributed by atoms with E-state index in [1.807, 2.05) is 0 Å². The van der Waals surface area contributed by atoms with Crippen LogP contribution in [0, 0.1) is 11.7 Å². The highest BCUT2D eigenvalue weighted by molar-refractivity contribution is 7.99. The summed E-state index contributed by atoms with van der Waals surface area (Å²) in [4.78, 5) is 12.1. The summed E-state index contributed by atoms with van der Waals surface area (Å²) in [5.74, 6) is 0.736. The van der Waals surface area contributed by atoms with E-state index in [1.165, 1.54) is 17.8 Å².